The summed E-state index contributed by atoms with van der Waals surface area (Å²) in [6.07, 6.45) is 3.40. The number of ketones is 1. The minimum Gasteiger partial charge on any atom is -0.370 e. The summed E-state index contributed by atoms with van der Waals surface area (Å²) in [4.78, 5) is 72.5. The molecular weight excluding hydrogens is 568 g/mol. The zero-order valence-corrected chi connectivity index (χ0v) is 25.0. The van der Waals surface area contributed by atoms with Gasteiger partial charge in [-0.15, -0.1) is 0 Å². The van der Waals surface area contributed by atoms with Gasteiger partial charge in [0.2, 0.25) is 23.5 Å². The van der Waals surface area contributed by atoms with Crippen LogP contribution in [0.1, 0.15) is 37.7 Å². The lowest BCUT2D eigenvalue weighted by Crippen LogP contribution is -2.57. The average molecular weight is 613 g/mol. The predicted molar refractivity (Wildman–Crippen MR) is 164 cm³/mol. The van der Waals surface area contributed by atoms with Crippen molar-refractivity contribution in [2.24, 2.45) is 28.1 Å². The lowest BCUT2D eigenvalue weighted by atomic mass is 9.93. The van der Waals surface area contributed by atoms with Gasteiger partial charge >= 0.3 is 0 Å². The molecule has 15 heteroatoms. The monoisotopic (exact) mass is 612 g/mol. The normalized spacial score (nSPS) is 16.3. The van der Waals surface area contributed by atoms with Crippen molar-refractivity contribution in [2.75, 3.05) is 52.4 Å². The minimum absolute atomic E-state index is 0.0631. The number of Topliss-reactive ketones (excluding diaryl/α,β-unsaturated/α-hetero) is 1. The molecule has 1 atom stereocenters. The Labute approximate surface area is 257 Å². The topological polar surface area (TPSA) is 233 Å². The smallest absolute Gasteiger partial charge is 0.289 e. The molecule has 2 heterocycles. The second-order valence-electron chi connectivity index (χ2n) is 11.1. The molecule has 2 saturated heterocycles. The summed E-state index contributed by atoms with van der Waals surface area (Å²) in [5.41, 5.74) is 17.3. The van der Waals surface area contributed by atoms with Crippen LogP contribution < -0.4 is 27.8 Å². The van der Waals surface area contributed by atoms with E-state index in [0.29, 0.717) is 38.4 Å². The highest BCUT2D eigenvalue weighted by Gasteiger charge is 2.33. The number of carbonyl (C=O) groups is 5. The molecular formula is C29H44N10O5. The quantitative estimate of drug-likeness (QED) is 0.0562. The zero-order chi connectivity index (χ0) is 32.1. The number of likely N-dealkylation sites (tertiary alicyclic amines) is 1. The maximum atomic E-state index is 13.0. The number of piperazine rings is 1. The maximum Gasteiger partial charge on any atom is 0.289 e. The molecule has 1 aromatic rings. The van der Waals surface area contributed by atoms with E-state index in [2.05, 4.69) is 15.6 Å². The number of hydrogen-bond acceptors (Lipinski definition) is 7. The van der Waals surface area contributed by atoms with Gasteiger partial charge in [0.25, 0.3) is 5.91 Å². The molecule has 3 rings (SSSR count). The maximum absolute atomic E-state index is 13.0. The van der Waals surface area contributed by atoms with Gasteiger partial charge in [0.05, 0.1) is 12.6 Å². The summed E-state index contributed by atoms with van der Waals surface area (Å²) in [6.45, 7) is 1.45. The summed E-state index contributed by atoms with van der Waals surface area (Å²) < 4.78 is 0. The van der Waals surface area contributed by atoms with Crippen molar-refractivity contribution in [3.63, 3.8) is 0 Å². The lowest BCUT2D eigenvalue weighted by Gasteiger charge is -2.36. The van der Waals surface area contributed by atoms with Gasteiger partial charge in [-0.25, -0.2) is 0 Å². The fraction of sp³-hybridized carbons (Fsp3) is 0.552. The first-order valence-electron chi connectivity index (χ1n) is 14.9. The van der Waals surface area contributed by atoms with Crippen LogP contribution in [0.15, 0.2) is 35.3 Å². The summed E-state index contributed by atoms with van der Waals surface area (Å²) >= 11 is 0. The first-order valence-corrected chi connectivity index (χ1v) is 14.9. The molecule has 15 nitrogen and oxygen atoms in total. The van der Waals surface area contributed by atoms with E-state index >= 15 is 0 Å². The van der Waals surface area contributed by atoms with Gasteiger partial charge in [-0.05, 0) is 50.0 Å². The van der Waals surface area contributed by atoms with E-state index in [-0.39, 0.29) is 56.3 Å². The number of guanidine groups is 2. The Hall–Kier alpha value is -4.69. The number of benzene rings is 1. The van der Waals surface area contributed by atoms with Crippen molar-refractivity contribution < 1.29 is 24.0 Å². The van der Waals surface area contributed by atoms with Gasteiger partial charge < -0.3 is 42.5 Å². The number of amides is 4. The summed E-state index contributed by atoms with van der Waals surface area (Å²) in [5, 5.41) is 12.7. The van der Waals surface area contributed by atoms with Gasteiger partial charge in [0.1, 0.15) is 13.1 Å². The van der Waals surface area contributed by atoms with Gasteiger partial charge in [0.15, 0.2) is 11.9 Å². The van der Waals surface area contributed by atoms with Crippen molar-refractivity contribution >= 4 is 41.3 Å². The second kappa shape index (κ2) is 16.8. The SMILES string of the molecule is N=C(N)N1CCC(CCN2CC(=O)N(CC(=O)NC(CCCN=C(N)N)C(=O)C(=O)NCCc3ccccc3)CC2=O)CC1. The minimum atomic E-state index is -1.16. The second-order valence-corrected chi connectivity index (χ2v) is 11.1. The number of nitrogens with zero attached hydrogens (tertiary/aromatic N) is 4. The highest BCUT2D eigenvalue weighted by Crippen LogP contribution is 2.21. The molecule has 2 fully saturated rings. The molecule has 2 aliphatic rings. The summed E-state index contributed by atoms with van der Waals surface area (Å²) in [6, 6.07) is 8.31. The van der Waals surface area contributed by atoms with Crippen molar-refractivity contribution in [1.29, 1.82) is 5.41 Å². The van der Waals surface area contributed by atoms with E-state index in [4.69, 9.17) is 22.6 Å². The van der Waals surface area contributed by atoms with E-state index < -0.39 is 30.2 Å². The van der Waals surface area contributed by atoms with E-state index in [1.54, 1.807) is 0 Å². The van der Waals surface area contributed by atoms with Crippen molar-refractivity contribution in [3.05, 3.63) is 35.9 Å². The van der Waals surface area contributed by atoms with E-state index in [1.165, 1.54) is 4.90 Å². The summed E-state index contributed by atoms with van der Waals surface area (Å²) in [5.74, 6) is -2.63. The Kier molecular flexibility index (Phi) is 12.9. The third-order valence-electron chi connectivity index (χ3n) is 7.82. The van der Waals surface area contributed by atoms with Gasteiger partial charge in [-0.1, -0.05) is 30.3 Å². The molecule has 240 valence electrons. The van der Waals surface area contributed by atoms with Crippen LogP contribution in [0.2, 0.25) is 0 Å². The van der Waals surface area contributed by atoms with Crippen LogP contribution in [-0.4, -0.2) is 114 Å². The fourth-order valence-electron chi connectivity index (χ4n) is 5.25. The third-order valence-corrected chi connectivity index (χ3v) is 7.82. The first kappa shape index (κ1) is 33.8. The van der Waals surface area contributed by atoms with Crippen LogP contribution in [0.5, 0.6) is 0 Å². The number of aliphatic imine (C=N–C) groups is 1. The largest absolute Gasteiger partial charge is 0.370 e. The highest BCUT2D eigenvalue weighted by molar-refractivity contribution is 6.38. The number of nitrogens with two attached hydrogens (primary N) is 3. The number of hydrogen-bond donors (Lipinski definition) is 6. The molecule has 9 N–H and O–H groups in total. The molecule has 4 amide bonds. The Bertz CT molecular complexity index is 1210. The number of carbonyl (C=O) groups excluding carboxylic acids is 5. The first-order chi connectivity index (χ1) is 21.0. The lowest BCUT2D eigenvalue weighted by molar-refractivity contribution is -0.151. The molecule has 0 aromatic heterocycles. The van der Waals surface area contributed by atoms with Gasteiger partial charge in [0, 0.05) is 32.7 Å². The molecule has 1 unspecified atom stereocenters. The van der Waals surface area contributed by atoms with E-state index in [1.807, 2.05) is 35.2 Å². The zero-order valence-electron chi connectivity index (χ0n) is 25.0. The number of piperidine rings is 1. The van der Waals surface area contributed by atoms with Crippen LogP contribution in [0.3, 0.4) is 0 Å². The van der Waals surface area contributed by atoms with Crippen LogP contribution in [0, 0.1) is 11.3 Å². The highest BCUT2D eigenvalue weighted by atomic mass is 16.2. The molecule has 0 aliphatic carbocycles. The molecule has 2 aliphatic heterocycles. The summed E-state index contributed by atoms with van der Waals surface area (Å²) in [7, 11) is 0. The number of nitrogens with one attached hydrogen (secondary N) is 3. The van der Waals surface area contributed by atoms with Crippen molar-refractivity contribution in [2.45, 2.75) is 44.6 Å². The Morgan fingerprint density at radius 2 is 1.66 bits per heavy atom. The van der Waals surface area contributed by atoms with Crippen LogP contribution in [-0.2, 0) is 30.4 Å². The van der Waals surface area contributed by atoms with Gasteiger partial charge in [-0.3, -0.25) is 34.4 Å². The molecule has 0 spiro atoms. The molecule has 44 heavy (non-hydrogen) atoms. The molecule has 0 bridgehead atoms. The van der Waals surface area contributed by atoms with Crippen molar-refractivity contribution in [3.8, 4) is 0 Å². The van der Waals surface area contributed by atoms with Crippen molar-refractivity contribution in [1.82, 2.24) is 25.3 Å². The van der Waals surface area contributed by atoms with Crippen LogP contribution in [0.4, 0.5) is 0 Å². The van der Waals surface area contributed by atoms with E-state index in [9.17, 15) is 24.0 Å². The van der Waals surface area contributed by atoms with E-state index in [0.717, 1.165) is 29.7 Å². The standard InChI is InChI=1S/C29H44N10O5/c30-28(31)35-12-4-7-22(26(43)27(44)34-13-8-20-5-2-1-3-6-20)36-23(40)17-39-19-24(41)38(18-25(39)42)16-11-21-9-14-37(15-10-21)29(32)33/h1-3,5-6,21-22H,4,7-19H2,(H3,32,33)(H,34,44)(H,36,40)(H4,30,31,35). The Morgan fingerprint density at radius 1 is 1.00 bits per heavy atom. The van der Waals surface area contributed by atoms with Crippen LogP contribution >= 0.6 is 0 Å². The van der Waals surface area contributed by atoms with Gasteiger partial charge in [-0.2, -0.15) is 0 Å². The average Bonchev–Trinajstić information content (AvgIpc) is 2.99. The number of rotatable bonds is 15. The molecule has 0 saturated carbocycles. The third kappa shape index (κ3) is 10.9. The predicted octanol–water partition coefficient (Wildman–Crippen LogP) is -1.88. The molecule has 0 radical (unpaired) electrons. The van der Waals surface area contributed by atoms with Crippen LogP contribution in [0.25, 0.3) is 0 Å². The fourth-order valence-corrected chi connectivity index (χ4v) is 5.25. The Balaban J connectivity index is 1.49. The Morgan fingerprint density at radius 3 is 2.32 bits per heavy atom. The molecule has 1 aromatic carbocycles.